The molecule has 3 rings (SSSR count). The number of nitrogens with zero attached hydrogens (tertiary/aromatic N) is 2. The zero-order chi connectivity index (χ0) is 14.6. The van der Waals surface area contributed by atoms with Crippen molar-refractivity contribution in [3.05, 3.63) is 23.5 Å². The highest BCUT2D eigenvalue weighted by atomic mass is 32.2. The number of aromatic nitrogens is 2. The maximum Gasteiger partial charge on any atom is 0.338 e. The third kappa shape index (κ3) is 1.67. The number of rotatable bonds is 2. The summed E-state index contributed by atoms with van der Waals surface area (Å²) in [5, 5.41) is 26.8. The fourth-order valence-electron chi connectivity index (χ4n) is 2.08. The van der Waals surface area contributed by atoms with Crippen LogP contribution in [0.5, 0.6) is 0 Å². The number of hydrogen-bond donors (Lipinski definition) is 3. The fourth-order valence-corrected chi connectivity index (χ4v) is 3.13. The number of carboxylic acid groups (broad SMARTS) is 2. The van der Waals surface area contributed by atoms with Gasteiger partial charge in [-0.2, -0.15) is 0 Å². The Balaban J connectivity index is 2.19. The lowest BCUT2D eigenvalue weighted by atomic mass is 10.2. The van der Waals surface area contributed by atoms with E-state index in [2.05, 4.69) is 4.98 Å². The van der Waals surface area contributed by atoms with Crippen LogP contribution in [-0.2, 0) is 4.79 Å². The molecule has 3 N–H and O–H groups in total. The van der Waals surface area contributed by atoms with Gasteiger partial charge in [0.1, 0.15) is 5.82 Å². The van der Waals surface area contributed by atoms with Crippen LogP contribution in [0.25, 0.3) is 11.0 Å². The molecule has 1 aliphatic heterocycles. The number of hydrogen-bond acceptors (Lipinski definition) is 5. The van der Waals surface area contributed by atoms with E-state index < -0.39 is 34.8 Å². The number of aliphatic hydroxyl groups is 1. The van der Waals surface area contributed by atoms with Crippen LogP contribution in [0.15, 0.2) is 17.3 Å². The number of halogens is 1. The monoisotopic (exact) mass is 298 g/mol. The van der Waals surface area contributed by atoms with Crippen LogP contribution in [0.3, 0.4) is 0 Å². The van der Waals surface area contributed by atoms with Crippen LogP contribution < -0.4 is 0 Å². The van der Waals surface area contributed by atoms with Crippen LogP contribution in [0.2, 0.25) is 0 Å². The van der Waals surface area contributed by atoms with Gasteiger partial charge in [-0.1, -0.05) is 11.8 Å². The van der Waals surface area contributed by atoms with E-state index in [1.54, 1.807) is 0 Å². The Morgan fingerprint density at radius 1 is 1.35 bits per heavy atom. The molecule has 20 heavy (non-hydrogen) atoms. The molecule has 7 nitrogen and oxygen atoms in total. The summed E-state index contributed by atoms with van der Waals surface area (Å²) in [5.74, 6) is -3.60. The van der Waals surface area contributed by atoms with Gasteiger partial charge in [0, 0.05) is 6.07 Å². The largest absolute Gasteiger partial charge is 0.480 e. The molecule has 0 aliphatic carbocycles. The first kappa shape index (κ1) is 12.9. The van der Waals surface area contributed by atoms with E-state index in [1.807, 2.05) is 0 Å². The predicted octanol–water partition coefficient (Wildman–Crippen LogP) is 0.923. The van der Waals surface area contributed by atoms with Crippen molar-refractivity contribution >= 4 is 34.7 Å². The van der Waals surface area contributed by atoms with Crippen LogP contribution in [0, 0.1) is 5.82 Å². The van der Waals surface area contributed by atoms with Crippen LogP contribution in [0.4, 0.5) is 4.39 Å². The second kappa shape index (κ2) is 4.18. The number of benzene rings is 1. The van der Waals surface area contributed by atoms with Gasteiger partial charge >= 0.3 is 11.9 Å². The molecule has 0 saturated heterocycles. The molecule has 1 aromatic heterocycles. The number of carboxylic acids is 2. The van der Waals surface area contributed by atoms with Crippen molar-refractivity contribution in [3.63, 3.8) is 0 Å². The van der Waals surface area contributed by atoms with E-state index >= 15 is 0 Å². The number of thioether (sulfide) groups is 1. The Morgan fingerprint density at radius 2 is 2.05 bits per heavy atom. The molecule has 0 radical (unpaired) electrons. The minimum absolute atomic E-state index is 0.159. The first-order valence-corrected chi connectivity index (χ1v) is 6.30. The van der Waals surface area contributed by atoms with Crippen molar-refractivity contribution in [1.82, 2.24) is 9.55 Å². The molecule has 9 heteroatoms. The number of aliphatic hydroxyl groups excluding tert-OH is 1. The van der Waals surface area contributed by atoms with Crippen LogP contribution >= 0.6 is 11.8 Å². The Bertz CT molecular complexity index is 759. The SMILES string of the molecule is O=C(O)c1cc2nc3n(c2cc1F)C(O)C(C(=O)O)S3. The van der Waals surface area contributed by atoms with Gasteiger partial charge in [0.2, 0.25) is 0 Å². The van der Waals surface area contributed by atoms with Gasteiger partial charge in [0.05, 0.1) is 16.6 Å². The molecule has 0 spiro atoms. The van der Waals surface area contributed by atoms with Crippen molar-refractivity contribution in [2.45, 2.75) is 16.6 Å². The van der Waals surface area contributed by atoms with E-state index in [4.69, 9.17) is 10.2 Å². The first-order valence-electron chi connectivity index (χ1n) is 5.42. The zero-order valence-electron chi connectivity index (χ0n) is 9.65. The highest BCUT2D eigenvalue weighted by molar-refractivity contribution is 8.00. The molecule has 2 aromatic rings. The van der Waals surface area contributed by atoms with Crippen molar-refractivity contribution in [2.24, 2.45) is 0 Å². The van der Waals surface area contributed by atoms with Gasteiger partial charge in [-0.15, -0.1) is 0 Å². The minimum atomic E-state index is -1.42. The summed E-state index contributed by atoms with van der Waals surface area (Å²) in [6, 6.07) is 1.99. The Morgan fingerprint density at radius 3 is 2.65 bits per heavy atom. The number of imidazole rings is 1. The lowest BCUT2D eigenvalue weighted by molar-refractivity contribution is -0.139. The summed E-state index contributed by atoms with van der Waals surface area (Å²) in [7, 11) is 0. The highest BCUT2D eigenvalue weighted by Crippen LogP contribution is 2.41. The van der Waals surface area contributed by atoms with Crippen molar-refractivity contribution in [1.29, 1.82) is 0 Å². The van der Waals surface area contributed by atoms with Gasteiger partial charge in [0.15, 0.2) is 16.6 Å². The van der Waals surface area contributed by atoms with E-state index in [1.165, 1.54) is 4.57 Å². The molecule has 0 fully saturated rings. The molecule has 2 atom stereocenters. The molecular formula is C11H7FN2O5S. The van der Waals surface area contributed by atoms with Gasteiger partial charge in [-0.3, -0.25) is 9.36 Å². The Kier molecular flexibility index (Phi) is 2.69. The summed E-state index contributed by atoms with van der Waals surface area (Å²) in [6.07, 6.45) is -1.38. The first-order chi connectivity index (χ1) is 9.40. The average molecular weight is 298 g/mol. The maximum absolute atomic E-state index is 13.7. The highest BCUT2D eigenvalue weighted by Gasteiger charge is 2.39. The van der Waals surface area contributed by atoms with Gasteiger partial charge in [-0.05, 0) is 6.07 Å². The van der Waals surface area contributed by atoms with Crippen LogP contribution in [-0.4, -0.2) is 42.1 Å². The van der Waals surface area contributed by atoms with Crippen LogP contribution in [0.1, 0.15) is 16.6 Å². The lowest BCUT2D eigenvalue weighted by Crippen LogP contribution is -2.23. The summed E-state index contributed by atoms with van der Waals surface area (Å²) in [6.45, 7) is 0. The summed E-state index contributed by atoms with van der Waals surface area (Å²) in [4.78, 5) is 25.8. The lowest BCUT2D eigenvalue weighted by Gasteiger charge is -2.11. The standard InChI is InChI=1S/C11H7FN2O5S/c12-4-2-6-5(1-3(4)9(16)17)13-11-14(6)8(15)7(20-11)10(18)19/h1-2,7-8,15H,(H,16,17)(H,18,19). The van der Waals surface area contributed by atoms with Gasteiger partial charge in [-0.25, -0.2) is 14.2 Å². The summed E-state index contributed by atoms with van der Waals surface area (Å²) in [5.41, 5.74) is -0.177. The molecule has 0 bridgehead atoms. The Labute approximate surface area is 114 Å². The van der Waals surface area contributed by atoms with Gasteiger partial charge < -0.3 is 15.3 Å². The van der Waals surface area contributed by atoms with E-state index in [9.17, 15) is 19.1 Å². The van der Waals surface area contributed by atoms with Crippen molar-refractivity contribution in [2.75, 3.05) is 0 Å². The Hall–Kier alpha value is -2.13. The maximum atomic E-state index is 13.7. The summed E-state index contributed by atoms with van der Waals surface area (Å²) < 4.78 is 14.9. The quantitative estimate of drug-likeness (QED) is 0.755. The zero-order valence-corrected chi connectivity index (χ0v) is 10.5. The number of carbonyl (C=O) groups is 2. The fraction of sp³-hybridized carbons (Fsp3) is 0.182. The smallest absolute Gasteiger partial charge is 0.338 e. The third-order valence-corrected chi connectivity index (χ3v) is 4.19. The molecule has 2 heterocycles. The molecule has 0 amide bonds. The van der Waals surface area contributed by atoms with E-state index in [0.717, 1.165) is 23.9 Å². The van der Waals surface area contributed by atoms with E-state index in [-0.39, 0.29) is 16.2 Å². The minimum Gasteiger partial charge on any atom is -0.480 e. The number of fused-ring (bicyclic) bond motifs is 3. The second-order valence-corrected chi connectivity index (χ2v) is 5.29. The molecule has 2 unspecified atom stereocenters. The van der Waals surface area contributed by atoms with Crippen molar-refractivity contribution < 1.29 is 29.3 Å². The topological polar surface area (TPSA) is 113 Å². The predicted molar refractivity (Wildman–Crippen MR) is 65.2 cm³/mol. The molecule has 1 aliphatic rings. The van der Waals surface area contributed by atoms with E-state index in [0.29, 0.717) is 0 Å². The number of aromatic carboxylic acids is 1. The summed E-state index contributed by atoms with van der Waals surface area (Å²) >= 11 is 0.831. The molecular weight excluding hydrogens is 291 g/mol. The number of aliphatic carboxylic acids is 1. The van der Waals surface area contributed by atoms with Gasteiger partial charge in [0.25, 0.3) is 0 Å². The normalized spacial score (nSPS) is 21.1. The average Bonchev–Trinajstić information content (AvgIpc) is 2.85. The molecule has 0 saturated carbocycles. The molecule has 104 valence electrons. The van der Waals surface area contributed by atoms with Crippen molar-refractivity contribution in [3.8, 4) is 0 Å². The molecule has 1 aromatic carbocycles. The second-order valence-electron chi connectivity index (χ2n) is 4.18. The third-order valence-electron chi connectivity index (χ3n) is 2.99.